The second-order valence-corrected chi connectivity index (χ2v) is 9.22. The van der Waals surface area contributed by atoms with Gasteiger partial charge in [-0.2, -0.15) is 0 Å². The molecule has 2 aliphatic rings. The molecule has 10 heteroatoms. The summed E-state index contributed by atoms with van der Waals surface area (Å²) in [4.78, 5) is 16.6. The number of nitrogens with zero attached hydrogens (tertiary/aromatic N) is 2. The summed E-state index contributed by atoms with van der Waals surface area (Å²) in [6.07, 6.45) is 0.806. The zero-order valence-electron chi connectivity index (χ0n) is 17.5. The Morgan fingerprint density at radius 2 is 1.85 bits per heavy atom. The highest BCUT2D eigenvalue weighted by Gasteiger charge is 2.44. The summed E-state index contributed by atoms with van der Waals surface area (Å²) in [5, 5.41) is 16.9. The van der Waals surface area contributed by atoms with Crippen LogP contribution < -0.4 is 9.47 Å². The third kappa shape index (κ3) is 4.64. The SMILES string of the molecule is O=[N+]([O-])c1cc(/C(=N/OCc2ccc(Cl)cc2Cl)[C@H]2C[C@H]2c2ccc3c(c2)OCO3)ccc1Cl. The maximum Gasteiger partial charge on any atom is 0.288 e. The minimum Gasteiger partial charge on any atom is -0.454 e. The molecule has 3 aromatic rings. The Labute approximate surface area is 209 Å². The van der Waals surface area contributed by atoms with E-state index < -0.39 is 4.92 Å². The van der Waals surface area contributed by atoms with Crippen LogP contribution in [0, 0.1) is 16.0 Å². The van der Waals surface area contributed by atoms with Crippen molar-refractivity contribution in [2.75, 3.05) is 6.79 Å². The van der Waals surface area contributed by atoms with Crippen molar-refractivity contribution in [2.24, 2.45) is 11.1 Å². The standard InChI is InChI=1S/C24H17Cl3N2O5/c25-16-4-1-15(20(27)9-16)11-34-28-24(14-2-5-19(26)21(7-14)29(30)31)18-10-17(18)13-3-6-22-23(8-13)33-12-32-22/h1-9,17-18H,10-12H2/b28-24-/t17-,18-/m0/s1. The van der Waals surface area contributed by atoms with Crippen LogP contribution >= 0.6 is 34.8 Å². The molecule has 2 atom stereocenters. The molecule has 174 valence electrons. The van der Waals surface area contributed by atoms with E-state index in [1.165, 1.54) is 12.1 Å². The van der Waals surface area contributed by atoms with Crippen LogP contribution in [0.4, 0.5) is 5.69 Å². The smallest absolute Gasteiger partial charge is 0.288 e. The number of fused-ring (bicyclic) bond motifs is 1. The van der Waals surface area contributed by atoms with Crippen LogP contribution in [0.1, 0.15) is 29.0 Å². The van der Waals surface area contributed by atoms with Gasteiger partial charge in [-0.25, -0.2) is 0 Å². The first-order valence-corrected chi connectivity index (χ1v) is 11.5. The zero-order valence-corrected chi connectivity index (χ0v) is 19.8. The van der Waals surface area contributed by atoms with E-state index in [4.69, 9.17) is 49.1 Å². The lowest BCUT2D eigenvalue weighted by Crippen LogP contribution is -2.08. The lowest BCUT2D eigenvalue weighted by Gasteiger charge is -2.09. The maximum atomic E-state index is 11.4. The van der Waals surface area contributed by atoms with Gasteiger partial charge >= 0.3 is 0 Å². The van der Waals surface area contributed by atoms with Crippen LogP contribution in [0.15, 0.2) is 59.8 Å². The van der Waals surface area contributed by atoms with E-state index in [9.17, 15) is 10.1 Å². The van der Waals surface area contributed by atoms with Gasteiger partial charge < -0.3 is 14.3 Å². The highest BCUT2D eigenvalue weighted by Crippen LogP contribution is 2.51. The number of rotatable bonds is 7. The van der Waals surface area contributed by atoms with E-state index in [1.54, 1.807) is 24.3 Å². The summed E-state index contributed by atoms with van der Waals surface area (Å²) >= 11 is 18.2. The van der Waals surface area contributed by atoms with Crippen molar-refractivity contribution in [3.05, 3.63) is 96.5 Å². The third-order valence-corrected chi connectivity index (χ3v) is 6.71. The van der Waals surface area contributed by atoms with E-state index in [1.807, 2.05) is 18.2 Å². The Morgan fingerprint density at radius 3 is 2.65 bits per heavy atom. The Hall–Kier alpha value is -3.00. The molecule has 1 heterocycles. The average molecular weight is 520 g/mol. The lowest BCUT2D eigenvalue weighted by atomic mass is 10.0. The van der Waals surface area contributed by atoms with Gasteiger partial charge in [-0.3, -0.25) is 10.1 Å². The highest BCUT2D eigenvalue weighted by molar-refractivity contribution is 6.35. The molecule has 0 saturated heterocycles. The van der Waals surface area contributed by atoms with Crippen molar-refractivity contribution in [3.8, 4) is 11.5 Å². The number of hydrogen-bond acceptors (Lipinski definition) is 6. The summed E-state index contributed by atoms with van der Waals surface area (Å²) in [7, 11) is 0. The lowest BCUT2D eigenvalue weighted by molar-refractivity contribution is -0.384. The number of oxime groups is 1. The quantitative estimate of drug-likeness (QED) is 0.190. The summed E-state index contributed by atoms with van der Waals surface area (Å²) < 4.78 is 10.9. The average Bonchev–Trinajstić information content (AvgIpc) is 3.45. The van der Waals surface area contributed by atoms with Crippen molar-refractivity contribution < 1.29 is 19.2 Å². The summed E-state index contributed by atoms with van der Waals surface area (Å²) in [5.41, 5.74) is 2.79. The largest absolute Gasteiger partial charge is 0.454 e. The molecule has 0 unspecified atom stereocenters. The molecule has 0 aromatic heterocycles. The van der Waals surface area contributed by atoms with Crippen LogP contribution in [0.5, 0.6) is 11.5 Å². The molecule has 0 spiro atoms. The molecule has 0 bridgehead atoms. The van der Waals surface area contributed by atoms with Crippen LogP contribution in [-0.4, -0.2) is 17.4 Å². The van der Waals surface area contributed by atoms with E-state index in [0.717, 1.165) is 17.5 Å². The molecule has 5 rings (SSSR count). The molecule has 34 heavy (non-hydrogen) atoms. The Balaban J connectivity index is 1.43. The van der Waals surface area contributed by atoms with Gasteiger partial charge in [0.25, 0.3) is 5.69 Å². The first kappa shape index (κ1) is 22.8. The number of hydrogen-bond donors (Lipinski definition) is 0. The van der Waals surface area contributed by atoms with Crippen LogP contribution in [0.25, 0.3) is 0 Å². The van der Waals surface area contributed by atoms with Gasteiger partial charge in [0.05, 0.1) is 10.6 Å². The Morgan fingerprint density at radius 1 is 1.03 bits per heavy atom. The second-order valence-electron chi connectivity index (χ2n) is 7.97. The summed E-state index contributed by atoms with van der Waals surface area (Å²) in [6, 6.07) is 15.6. The zero-order chi connectivity index (χ0) is 23.8. The fraction of sp³-hybridized carbons (Fsp3) is 0.208. The van der Waals surface area contributed by atoms with Crippen molar-refractivity contribution in [1.82, 2.24) is 0 Å². The predicted octanol–water partition coefficient (Wildman–Crippen LogP) is 7.01. The van der Waals surface area contributed by atoms with E-state index >= 15 is 0 Å². The molecule has 1 aliphatic heterocycles. The Bertz CT molecular complexity index is 1310. The molecule has 1 saturated carbocycles. The molecule has 7 nitrogen and oxygen atoms in total. The van der Waals surface area contributed by atoms with E-state index in [2.05, 4.69) is 5.16 Å². The molecule has 0 radical (unpaired) electrons. The number of halogens is 3. The third-order valence-electron chi connectivity index (χ3n) is 5.80. The minimum absolute atomic E-state index is 0.00170. The molecule has 1 aliphatic carbocycles. The fourth-order valence-corrected chi connectivity index (χ4v) is 4.62. The normalized spacial score (nSPS) is 18.6. The predicted molar refractivity (Wildman–Crippen MR) is 129 cm³/mol. The molecular weight excluding hydrogens is 503 g/mol. The van der Waals surface area contributed by atoms with Gasteiger partial charge in [-0.05, 0) is 48.2 Å². The molecular formula is C24H17Cl3N2O5. The van der Waals surface area contributed by atoms with Gasteiger partial charge in [0.2, 0.25) is 6.79 Å². The topological polar surface area (TPSA) is 83.2 Å². The second kappa shape index (κ2) is 9.33. The first-order valence-electron chi connectivity index (χ1n) is 10.4. The monoisotopic (exact) mass is 518 g/mol. The molecule has 3 aromatic carbocycles. The number of ether oxygens (including phenoxy) is 2. The van der Waals surface area contributed by atoms with E-state index in [0.29, 0.717) is 32.8 Å². The van der Waals surface area contributed by atoms with Crippen molar-refractivity contribution in [3.63, 3.8) is 0 Å². The number of benzene rings is 3. The highest BCUT2D eigenvalue weighted by atomic mass is 35.5. The molecule has 1 fully saturated rings. The number of nitro benzene ring substituents is 1. The summed E-state index contributed by atoms with van der Waals surface area (Å²) in [5.74, 6) is 1.58. The van der Waals surface area contributed by atoms with Gasteiger partial charge in [0, 0.05) is 33.2 Å². The van der Waals surface area contributed by atoms with Gasteiger partial charge in [-0.1, -0.05) is 58.2 Å². The van der Waals surface area contributed by atoms with Crippen LogP contribution in [0.3, 0.4) is 0 Å². The van der Waals surface area contributed by atoms with Gasteiger partial charge in [0.15, 0.2) is 11.5 Å². The molecule has 0 amide bonds. The van der Waals surface area contributed by atoms with Crippen molar-refractivity contribution in [1.29, 1.82) is 0 Å². The first-order chi connectivity index (χ1) is 16.4. The van der Waals surface area contributed by atoms with Crippen molar-refractivity contribution >= 4 is 46.2 Å². The van der Waals surface area contributed by atoms with Crippen LogP contribution in [0.2, 0.25) is 15.1 Å². The van der Waals surface area contributed by atoms with Gasteiger partial charge in [0.1, 0.15) is 11.6 Å². The fourth-order valence-electron chi connectivity index (χ4n) is 3.97. The molecule has 0 N–H and O–H groups in total. The summed E-state index contributed by atoms with van der Waals surface area (Å²) in [6.45, 7) is 0.325. The van der Waals surface area contributed by atoms with Crippen molar-refractivity contribution in [2.45, 2.75) is 18.9 Å². The van der Waals surface area contributed by atoms with Gasteiger partial charge in [-0.15, -0.1) is 0 Å². The number of nitro groups is 1. The Kier molecular flexibility index (Phi) is 6.25. The minimum atomic E-state index is -0.514. The van der Waals surface area contributed by atoms with E-state index in [-0.39, 0.29) is 35.9 Å². The van der Waals surface area contributed by atoms with Crippen LogP contribution in [-0.2, 0) is 11.4 Å². The maximum absolute atomic E-state index is 11.4.